The van der Waals surface area contributed by atoms with Crippen LogP contribution in [0, 0.1) is 11.3 Å². The van der Waals surface area contributed by atoms with E-state index < -0.39 is 10.2 Å². The van der Waals surface area contributed by atoms with Crippen LogP contribution in [0.5, 0.6) is 0 Å². The smallest absolute Gasteiger partial charge is 0.202 e. The van der Waals surface area contributed by atoms with Crippen molar-refractivity contribution in [1.82, 2.24) is 9.44 Å². The number of unbranched alkanes of at least 4 members (excludes halogenated alkanes) is 1. The number of nitrogens with zero attached hydrogens (tertiary/aromatic N) is 1. The van der Waals surface area contributed by atoms with E-state index in [4.69, 9.17) is 5.26 Å². The van der Waals surface area contributed by atoms with Crippen LogP contribution in [0.2, 0.25) is 0 Å². The molecule has 0 aliphatic rings. The van der Waals surface area contributed by atoms with Gasteiger partial charge in [-0.25, -0.2) is 9.44 Å². The van der Waals surface area contributed by atoms with Crippen molar-refractivity contribution in [3.63, 3.8) is 0 Å². The van der Waals surface area contributed by atoms with E-state index in [9.17, 15) is 8.42 Å². The average Bonchev–Trinajstić information content (AvgIpc) is 2.09. The summed E-state index contributed by atoms with van der Waals surface area (Å²) in [5.74, 6) is 0. The van der Waals surface area contributed by atoms with Crippen LogP contribution < -0.4 is 9.44 Å². The van der Waals surface area contributed by atoms with Gasteiger partial charge in [0, 0.05) is 19.5 Å². The number of hydrogen-bond donors (Lipinski definition) is 2. The Balaban J connectivity index is 3.59. The summed E-state index contributed by atoms with van der Waals surface area (Å²) < 4.78 is 26.8. The molecule has 0 aliphatic carbocycles. The Morgan fingerprint density at radius 2 is 1.92 bits per heavy atom. The van der Waals surface area contributed by atoms with E-state index in [1.54, 1.807) is 0 Å². The van der Waals surface area contributed by atoms with Crippen molar-refractivity contribution in [2.24, 2.45) is 0 Å². The van der Waals surface area contributed by atoms with Gasteiger partial charge >= 0.3 is 0 Å². The molecule has 0 aromatic heterocycles. The minimum Gasteiger partial charge on any atom is -0.202 e. The molecule has 13 heavy (non-hydrogen) atoms. The number of nitrogens with one attached hydrogen (secondary N) is 2. The third kappa shape index (κ3) is 7.71. The Morgan fingerprint density at radius 3 is 2.46 bits per heavy atom. The van der Waals surface area contributed by atoms with Gasteiger partial charge in [0.1, 0.15) is 0 Å². The molecule has 0 aromatic rings. The Hall–Kier alpha value is -0.640. The van der Waals surface area contributed by atoms with Crippen LogP contribution in [-0.2, 0) is 10.2 Å². The first-order chi connectivity index (χ1) is 6.12. The molecular weight excluding hydrogens is 190 g/mol. The van der Waals surface area contributed by atoms with Gasteiger partial charge in [0.05, 0.1) is 6.07 Å². The molecule has 0 heterocycles. The highest BCUT2D eigenvalue weighted by atomic mass is 32.2. The fourth-order valence-electron chi connectivity index (χ4n) is 0.661. The highest BCUT2D eigenvalue weighted by Crippen LogP contribution is 1.85. The molecule has 76 valence electrons. The van der Waals surface area contributed by atoms with Crippen LogP contribution in [0.25, 0.3) is 0 Å². The highest BCUT2D eigenvalue weighted by Gasteiger charge is 2.05. The van der Waals surface area contributed by atoms with Gasteiger partial charge in [-0.1, -0.05) is 6.92 Å². The Morgan fingerprint density at radius 1 is 1.31 bits per heavy atom. The maximum absolute atomic E-state index is 11.0. The lowest BCUT2D eigenvalue weighted by atomic mass is 10.3. The van der Waals surface area contributed by atoms with E-state index in [0.717, 1.165) is 6.42 Å². The van der Waals surface area contributed by atoms with Gasteiger partial charge in [0.25, 0.3) is 10.2 Å². The van der Waals surface area contributed by atoms with Gasteiger partial charge in [0.15, 0.2) is 0 Å². The zero-order chi connectivity index (χ0) is 10.2. The molecule has 0 amide bonds. The fraction of sp³-hybridized carbons (Fsp3) is 0.857. The molecule has 6 heteroatoms. The lowest BCUT2D eigenvalue weighted by Gasteiger charge is -2.05. The van der Waals surface area contributed by atoms with E-state index in [1.165, 1.54) is 0 Å². The molecule has 0 aromatic carbocycles. The standard InChI is InChI=1S/C7H15N3O2S/c1-2-6-9-13(11,12)10-7-4-3-5-8/h9-10H,2-4,6-7H2,1H3. The predicted molar refractivity (Wildman–Crippen MR) is 50.1 cm³/mol. The average molecular weight is 205 g/mol. The van der Waals surface area contributed by atoms with E-state index in [-0.39, 0.29) is 0 Å². The van der Waals surface area contributed by atoms with Gasteiger partial charge in [-0.05, 0) is 12.8 Å². The molecular formula is C7H15N3O2S. The normalized spacial score (nSPS) is 11.1. The first-order valence-electron chi connectivity index (χ1n) is 4.23. The van der Waals surface area contributed by atoms with Crippen LogP contribution in [-0.4, -0.2) is 21.5 Å². The first kappa shape index (κ1) is 12.4. The van der Waals surface area contributed by atoms with E-state index in [0.29, 0.717) is 25.9 Å². The summed E-state index contributed by atoms with van der Waals surface area (Å²) >= 11 is 0. The second-order valence-electron chi connectivity index (χ2n) is 2.55. The van der Waals surface area contributed by atoms with Crippen molar-refractivity contribution in [2.75, 3.05) is 13.1 Å². The predicted octanol–water partition coefficient (Wildman–Crippen LogP) is 0.124. The van der Waals surface area contributed by atoms with Gasteiger partial charge in [-0.3, -0.25) is 0 Å². The van der Waals surface area contributed by atoms with Crippen molar-refractivity contribution in [3.8, 4) is 6.07 Å². The largest absolute Gasteiger partial charge is 0.276 e. The van der Waals surface area contributed by atoms with Gasteiger partial charge in [-0.15, -0.1) is 0 Å². The van der Waals surface area contributed by atoms with Crippen LogP contribution >= 0.6 is 0 Å². The Bertz CT molecular complexity index is 255. The molecule has 0 saturated carbocycles. The second-order valence-corrected chi connectivity index (χ2v) is 4.14. The summed E-state index contributed by atoms with van der Waals surface area (Å²) in [4.78, 5) is 0. The maximum Gasteiger partial charge on any atom is 0.276 e. The second kappa shape index (κ2) is 6.83. The minimum atomic E-state index is -3.33. The molecule has 5 nitrogen and oxygen atoms in total. The van der Waals surface area contributed by atoms with Crippen LogP contribution in [0.4, 0.5) is 0 Å². The summed E-state index contributed by atoms with van der Waals surface area (Å²) in [6.45, 7) is 2.64. The molecule has 0 aliphatic heterocycles. The molecule has 0 saturated heterocycles. The molecule has 0 fully saturated rings. The zero-order valence-electron chi connectivity index (χ0n) is 7.71. The van der Waals surface area contributed by atoms with Crippen molar-refractivity contribution in [3.05, 3.63) is 0 Å². The van der Waals surface area contributed by atoms with Crippen molar-refractivity contribution in [1.29, 1.82) is 5.26 Å². The van der Waals surface area contributed by atoms with Crippen LogP contribution in [0.1, 0.15) is 26.2 Å². The Kier molecular flexibility index (Phi) is 6.49. The fourth-order valence-corrected chi connectivity index (χ4v) is 1.65. The molecule has 0 unspecified atom stereocenters. The third-order valence-electron chi connectivity index (χ3n) is 1.30. The first-order valence-corrected chi connectivity index (χ1v) is 5.72. The number of rotatable bonds is 7. The van der Waals surface area contributed by atoms with E-state index >= 15 is 0 Å². The molecule has 0 spiro atoms. The van der Waals surface area contributed by atoms with E-state index in [2.05, 4.69) is 9.44 Å². The lowest BCUT2D eigenvalue weighted by Crippen LogP contribution is -2.37. The zero-order valence-corrected chi connectivity index (χ0v) is 8.52. The van der Waals surface area contributed by atoms with Crippen molar-refractivity contribution in [2.45, 2.75) is 26.2 Å². The van der Waals surface area contributed by atoms with Crippen molar-refractivity contribution >= 4 is 10.2 Å². The van der Waals surface area contributed by atoms with Gasteiger partial charge in [0.2, 0.25) is 0 Å². The summed E-state index contributed by atoms with van der Waals surface area (Å²) in [7, 11) is -3.33. The summed E-state index contributed by atoms with van der Waals surface area (Å²) in [6, 6.07) is 1.94. The monoisotopic (exact) mass is 205 g/mol. The topological polar surface area (TPSA) is 82.0 Å². The van der Waals surface area contributed by atoms with Crippen LogP contribution in [0.15, 0.2) is 0 Å². The van der Waals surface area contributed by atoms with Crippen molar-refractivity contribution < 1.29 is 8.42 Å². The highest BCUT2D eigenvalue weighted by molar-refractivity contribution is 7.87. The lowest BCUT2D eigenvalue weighted by molar-refractivity contribution is 0.564. The molecule has 0 rings (SSSR count). The SMILES string of the molecule is CCCNS(=O)(=O)NCCCC#N. The molecule has 0 bridgehead atoms. The molecule has 0 radical (unpaired) electrons. The number of nitriles is 1. The van der Waals surface area contributed by atoms with Gasteiger partial charge < -0.3 is 0 Å². The summed E-state index contributed by atoms with van der Waals surface area (Å²) in [5, 5.41) is 8.19. The summed E-state index contributed by atoms with van der Waals surface area (Å²) in [5.41, 5.74) is 0. The maximum atomic E-state index is 11.0. The molecule has 0 atom stereocenters. The van der Waals surface area contributed by atoms with Crippen LogP contribution in [0.3, 0.4) is 0 Å². The molecule has 2 N–H and O–H groups in total. The quantitative estimate of drug-likeness (QED) is 0.579. The number of hydrogen-bond acceptors (Lipinski definition) is 3. The minimum absolute atomic E-state index is 0.312. The third-order valence-corrected chi connectivity index (χ3v) is 2.47. The van der Waals surface area contributed by atoms with Gasteiger partial charge in [-0.2, -0.15) is 13.7 Å². The summed E-state index contributed by atoms with van der Waals surface area (Å²) in [6.07, 6.45) is 1.68. The Labute approximate surface area is 79.3 Å². The van der Waals surface area contributed by atoms with E-state index in [1.807, 2.05) is 13.0 Å².